The number of anilines is 1. The molecule has 1 fully saturated rings. The Balaban J connectivity index is 1.71. The van der Waals surface area contributed by atoms with Gasteiger partial charge in [0.05, 0.1) is 17.1 Å². The molecule has 1 aliphatic rings. The molecule has 7 heteroatoms. The van der Waals surface area contributed by atoms with Crippen LogP contribution in [-0.2, 0) is 20.2 Å². The van der Waals surface area contributed by atoms with Gasteiger partial charge in [-0.3, -0.25) is 4.79 Å². The van der Waals surface area contributed by atoms with Crippen LogP contribution in [0.1, 0.15) is 50.5 Å². The minimum Gasteiger partial charge on any atom is -0.373 e. The molecular formula is C23H30N2O4S. The SMILES string of the molecule is CC1CN(S(=O)(=O)c2ccc(C(=O)Nc3ccc(C(C)(C)C)cc3)cc2)CC(C)O1. The maximum absolute atomic E-state index is 12.9. The Kier molecular flexibility index (Phi) is 6.36. The van der Waals surface area contributed by atoms with E-state index in [1.807, 2.05) is 38.1 Å². The highest BCUT2D eigenvalue weighted by Crippen LogP contribution is 2.24. The molecule has 1 aliphatic heterocycles. The second-order valence-electron chi connectivity index (χ2n) is 8.89. The Morgan fingerprint density at radius 2 is 1.50 bits per heavy atom. The van der Waals surface area contributed by atoms with Gasteiger partial charge in [-0.1, -0.05) is 32.9 Å². The molecule has 1 amide bonds. The molecular weight excluding hydrogens is 400 g/mol. The number of benzene rings is 2. The highest BCUT2D eigenvalue weighted by molar-refractivity contribution is 7.89. The summed E-state index contributed by atoms with van der Waals surface area (Å²) in [5.41, 5.74) is 2.32. The number of carbonyl (C=O) groups is 1. The summed E-state index contributed by atoms with van der Waals surface area (Å²) in [6.45, 7) is 10.8. The molecule has 30 heavy (non-hydrogen) atoms. The summed E-state index contributed by atoms with van der Waals surface area (Å²) in [5.74, 6) is -0.281. The van der Waals surface area contributed by atoms with Gasteiger partial charge in [-0.15, -0.1) is 0 Å². The Morgan fingerprint density at radius 3 is 2.00 bits per heavy atom. The quantitative estimate of drug-likeness (QED) is 0.794. The molecule has 0 radical (unpaired) electrons. The Bertz CT molecular complexity index is 983. The van der Waals surface area contributed by atoms with E-state index in [1.165, 1.54) is 22.0 Å². The molecule has 0 spiro atoms. The van der Waals surface area contributed by atoms with Crippen molar-refractivity contribution in [3.05, 3.63) is 59.7 Å². The lowest BCUT2D eigenvalue weighted by atomic mass is 9.87. The minimum atomic E-state index is -3.63. The first-order valence-electron chi connectivity index (χ1n) is 10.1. The van der Waals surface area contributed by atoms with Crippen molar-refractivity contribution in [2.24, 2.45) is 0 Å². The van der Waals surface area contributed by atoms with Gasteiger partial charge in [0.15, 0.2) is 0 Å². The number of sulfonamides is 1. The normalized spacial score (nSPS) is 20.7. The lowest BCUT2D eigenvalue weighted by Gasteiger charge is -2.34. The number of amides is 1. The Morgan fingerprint density at radius 1 is 0.967 bits per heavy atom. The highest BCUT2D eigenvalue weighted by Gasteiger charge is 2.32. The molecule has 0 saturated carbocycles. The molecule has 1 heterocycles. The van der Waals surface area contributed by atoms with Crippen LogP contribution < -0.4 is 5.32 Å². The summed E-state index contributed by atoms with van der Waals surface area (Å²) in [6, 6.07) is 13.8. The Hall–Kier alpha value is -2.22. The number of carbonyl (C=O) groups excluding carboxylic acids is 1. The van der Waals surface area contributed by atoms with Crippen LogP contribution >= 0.6 is 0 Å². The second kappa shape index (κ2) is 8.49. The van der Waals surface area contributed by atoms with Crippen molar-refractivity contribution in [2.45, 2.75) is 57.1 Å². The van der Waals surface area contributed by atoms with Gasteiger partial charge < -0.3 is 10.1 Å². The average Bonchev–Trinajstić information content (AvgIpc) is 2.67. The predicted octanol–water partition coefficient (Wildman–Crippen LogP) is 4.03. The van der Waals surface area contributed by atoms with E-state index in [2.05, 4.69) is 26.1 Å². The van der Waals surface area contributed by atoms with Crippen LogP contribution in [0.15, 0.2) is 53.4 Å². The van der Waals surface area contributed by atoms with Crippen molar-refractivity contribution in [2.75, 3.05) is 18.4 Å². The lowest BCUT2D eigenvalue weighted by Crippen LogP contribution is -2.48. The van der Waals surface area contributed by atoms with Crippen molar-refractivity contribution in [3.8, 4) is 0 Å². The molecule has 162 valence electrons. The summed E-state index contributed by atoms with van der Waals surface area (Å²) in [4.78, 5) is 12.7. The van der Waals surface area contributed by atoms with Gasteiger partial charge in [0.2, 0.25) is 10.0 Å². The number of hydrogen-bond donors (Lipinski definition) is 1. The predicted molar refractivity (Wildman–Crippen MR) is 118 cm³/mol. The lowest BCUT2D eigenvalue weighted by molar-refractivity contribution is -0.0440. The number of nitrogens with zero attached hydrogens (tertiary/aromatic N) is 1. The molecule has 1 N–H and O–H groups in total. The molecule has 0 aliphatic carbocycles. The molecule has 3 rings (SSSR count). The van der Waals surface area contributed by atoms with E-state index in [9.17, 15) is 13.2 Å². The maximum Gasteiger partial charge on any atom is 0.255 e. The molecule has 0 bridgehead atoms. The largest absolute Gasteiger partial charge is 0.373 e. The third-order valence-electron chi connectivity index (χ3n) is 5.15. The van der Waals surface area contributed by atoms with Crippen molar-refractivity contribution < 1.29 is 17.9 Å². The molecule has 2 unspecified atom stereocenters. The first kappa shape index (κ1) is 22.5. The van der Waals surface area contributed by atoms with Crippen molar-refractivity contribution >= 4 is 21.6 Å². The molecule has 1 saturated heterocycles. The van der Waals surface area contributed by atoms with Crippen LogP contribution in [0.25, 0.3) is 0 Å². The molecule has 0 aromatic heterocycles. The van der Waals surface area contributed by atoms with Gasteiger partial charge in [0.25, 0.3) is 5.91 Å². The van der Waals surface area contributed by atoms with Gasteiger partial charge in [0.1, 0.15) is 0 Å². The van der Waals surface area contributed by atoms with E-state index >= 15 is 0 Å². The van der Waals surface area contributed by atoms with Crippen LogP contribution in [-0.4, -0.2) is 43.9 Å². The molecule has 2 aromatic rings. The van der Waals surface area contributed by atoms with Crippen LogP contribution in [0.5, 0.6) is 0 Å². The Labute approximate surface area is 179 Å². The van der Waals surface area contributed by atoms with E-state index < -0.39 is 10.0 Å². The second-order valence-corrected chi connectivity index (χ2v) is 10.8. The van der Waals surface area contributed by atoms with Crippen LogP contribution in [0.3, 0.4) is 0 Å². The van der Waals surface area contributed by atoms with Gasteiger partial charge >= 0.3 is 0 Å². The van der Waals surface area contributed by atoms with E-state index in [-0.39, 0.29) is 28.4 Å². The van der Waals surface area contributed by atoms with Gasteiger partial charge in [0, 0.05) is 24.3 Å². The van der Waals surface area contributed by atoms with E-state index in [0.717, 1.165) is 0 Å². The summed E-state index contributed by atoms with van der Waals surface area (Å²) in [7, 11) is -3.63. The van der Waals surface area contributed by atoms with E-state index in [1.54, 1.807) is 12.1 Å². The van der Waals surface area contributed by atoms with E-state index in [0.29, 0.717) is 24.3 Å². The van der Waals surface area contributed by atoms with Crippen LogP contribution in [0, 0.1) is 0 Å². The van der Waals surface area contributed by atoms with Gasteiger partial charge in [-0.05, 0) is 61.2 Å². The summed E-state index contributed by atoms with van der Waals surface area (Å²) >= 11 is 0. The van der Waals surface area contributed by atoms with Crippen LogP contribution in [0.4, 0.5) is 5.69 Å². The fraction of sp³-hybridized carbons (Fsp3) is 0.435. The van der Waals surface area contributed by atoms with Crippen molar-refractivity contribution in [1.82, 2.24) is 4.31 Å². The molecule has 2 aromatic carbocycles. The third-order valence-corrected chi connectivity index (χ3v) is 7.00. The zero-order chi connectivity index (χ0) is 22.1. The summed E-state index contributed by atoms with van der Waals surface area (Å²) < 4.78 is 32.9. The first-order valence-corrected chi connectivity index (χ1v) is 11.6. The zero-order valence-corrected chi connectivity index (χ0v) is 19.0. The summed E-state index contributed by atoms with van der Waals surface area (Å²) in [6.07, 6.45) is -0.309. The first-order chi connectivity index (χ1) is 14.0. The standard InChI is InChI=1S/C23H30N2O4S/c1-16-14-25(15-17(2)29-16)30(27,28)21-12-6-18(7-13-21)22(26)24-20-10-8-19(9-11-20)23(3,4)5/h6-13,16-17H,14-15H2,1-5H3,(H,24,26). The number of ether oxygens (including phenoxy) is 1. The highest BCUT2D eigenvalue weighted by atomic mass is 32.2. The molecule has 2 atom stereocenters. The maximum atomic E-state index is 12.9. The number of morpholine rings is 1. The fourth-order valence-corrected chi connectivity index (χ4v) is 5.10. The third kappa shape index (κ3) is 5.09. The van der Waals surface area contributed by atoms with Crippen molar-refractivity contribution in [1.29, 1.82) is 0 Å². The van der Waals surface area contributed by atoms with Crippen molar-refractivity contribution in [3.63, 3.8) is 0 Å². The summed E-state index contributed by atoms with van der Waals surface area (Å²) in [5, 5.41) is 2.85. The van der Waals surface area contributed by atoms with Gasteiger partial charge in [-0.2, -0.15) is 4.31 Å². The van der Waals surface area contributed by atoms with Crippen LogP contribution in [0.2, 0.25) is 0 Å². The minimum absolute atomic E-state index is 0.0416. The van der Waals surface area contributed by atoms with E-state index in [4.69, 9.17) is 4.74 Å². The fourth-order valence-electron chi connectivity index (χ4n) is 3.51. The number of rotatable bonds is 4. The number of hydrogen-bond acceptors (Lipinski definition) is 4. The topological polar surface area (TPSA) is 75.7 Å². The monoisotopic (exact) mass is 430 g/mol. The zero-order valence-electron chi connectivity index (χ0n) is 18.2. The number of nitrogens with one attached hydrogen (secondary N) is 1. The average molecular weight is 431 g/mol. The molecule has 6 nitrogen and oxygen atoms in total. The smallest absolute Gasteiger partial charge is 0.255 e. The van der Waals surface area contributed by atoms with Gasteiger partial charge in [-0.25, -0.2) is 8.42 Å².